The van der Waals surface area contributed by atoms with Gasteiger partial charge in [-0.1, -0.05) is 6.92 Å². The van der Waals surface area contributed by atoms with Gasteiger partial charge < -0.3 is 9.64 Å². The molecule has 0 spiro atoms. The topological polar surface area (TPSA) is 62.0 Å². The molecule has 0 aliphatic carbocycles. The summed E-state index contributed by atoms with van der Waals surface area (Å²) >= 11 is 0. The van der Waals surface area contributed by atoms with Crippen LogP contribution in [0.5, 0.6) is 6.01 Å². The van der Waals surface area contributed by atoms with Crippen LogP contribution in [0.25, 0.3) is 0 Å². The molecule has 0 aliphatic heterocycles. The second kappa shape index (κ2) is 7.38. The smallest absolute Gasteiger partial charge is 0.421 e. The molecule has 1 aromatic heterocycles. The van der Waals surface area contributed by atoms with E-state index >= 15 is 0 Å². The summed E-state index contributed by atoms with van der Waals surface area (Å²) in [5.74, 6) is -0.314. The van der Waals surface area contributed by atoms with Crippen LogP contribution in [0.3, 0.4) is 0 Å². The van der Waals surface area contributed by atoms with Crippen molar-refractivity contribution in [2.75, 3.05) is 11.9 Å². The molecule has 0 saturated carbocycles. The summed E-state index contributed by atoms with van der Waals surface area (Å²) < 4.78 is 45.4. The first kappa shape index (κ1) is 18.5. The summed E-state index contributed by atoms with van der Waals surface area (Å²) in [6, 6.07) is 8.00. The van der Waals surface area contributed by atoms with Gasteiger partial charge in [0.1, 0.15) is 5.56 Å². The zero-order valence-electron chi connectivity index (χ0n) is 14.0. The molecule has 1 heterocycles. The predicted octanol–water partition coefficient (Wildman–Crippen LogP) is 4.31. The number of rotatable bonds is 5. The number of halogens is 3. The minimum atomic E-state index is -4.61. The van der Waals surface area contributed by atoms with Gasteiger partial charge in [0, 0.05) is 18.9 Å². The maximum absolute atomic E-state index is 13.3. The van der Waals surface area contributed by atoms with Crippen LogP contribution in [-0.2, 0) is 6.18 Å². The van der Waals surface area contributed by atoms with Crippen molar-refractivity contribution in [1.82, 2.24) is 9.97 Å². The predicted molar refractivity (Wildman–Crippen MR) is 86.6 cm³/mol. The van der Waals surface area contributed by atoms with Crippen LogP contribution < -0.4 is 9.64 Å². The third-order valence-electron chi connectivity index (χ3n) is 3.63. The lowest BCUT2D eigenvalue weighted by molar-refractivity contribution is -0.137. The van der Waals surface area contributed by atoms with E-state index in [9.17, 15) is 13.2 Å². The lowest BCUT2D eigenvalue weighted by Gasteiger charge is -2.23. The Morgan fingerprint density at radius 3 is 2.44 bits per heavy atom. The normalized spacial score (nSPS) is 12.4. The molecule has 0 radical (unpaired) electrons. The fraction of sp³-hybridized carbons (Fsp3) is 0.353. The molecule has 8 heteroatoms. The Labute approximate surface area is 143 Å². The number of anilines is 2. The Balaban J connectivity index is 2.46. The van der Waals surface area contributed by atoms with Crippen molar-refractivity contribution in [3.63, 3.8) is 0 Å². The number of benzene rings is 1. The van der Waals surface area contributed by atoms with Gasteiger partial charge in [-0.05, 0) is 37.6 Å². The van der Waals surface area contributed by atoms with Crippen molar-refractivity contribution >= 4 is 11.5 Å². The average Bonchev–Trinajstić information content (AvgIpc) is 2.60. The van der Waals surface area contributed by atoms with Gasteiger partial charge in [0.15, 0.2) is 5.82 Å². The van der Waals surface area contributed by atoms with Gasteiger partial charge in [-0.3, -0.25) is 0 Å². The number of alkyl halides is 3. The molecule has 0 amide bonds. The first-order valence-electron chi connectivity index (χ1n) is 7.61. The van der Waals surface area contributed by atoms with Gasteiger partial charge in [0.2, 0.25) is 0 Å². The summed E-state index contributed by atoms with van der Waals surface area (Å²) in [7, 11) is 1.46. The highest BCUT2D eigenvalue weighted by atomic mass is 19.4. The van der Waals surface area contributed by atoms with E-state index in [2.05, 4.69) is 9.97 Å². The Morgan fingerprint density at radius 1 is 1.28 bits per heavy atom. The highest BCUT2D eigenvalue weighted by Gasteiger charge is 2.36. The Bertz CT molecular complexity index is 769. The van der Waals surface area contributed by atoms with Crippen molar-refractivity contribution < 1.29 is 17.9 Å². The minimum Gasteiger partial charge on any atom is -0.460 e. The molecule has 0 bridgehead atoms. The van der Waals surface area contributed by atoms with Crippen LogP contribution in [0.15, 0.2) is 30.5 Å². The second-order valence-electron chi connectivity index (χ2n) is 5.44. The van der Waals surface area contributed by atoms with Crippen LogP contribution >= 0.6 is 0 Å². The van der Waals surface area contributed by atoms with Crippen LogP contribution in [-0.4, -0.2) is 23.1 Å². The Hall–Kier alpha value is -2.82. The molecule has 0 saturated heterocycles. The van der Waals surface area contributed by atoms with Gasteiger partial charge in [0.25, 0.3) is 0 Å². The number of nitrogens with zero attached hydrogens (tertiary/aromatic N) is 4. The largest absolute Gasteiger partial charge is 0.460 e. The summed E-state index contributed by atoms with van der Waals surface area (Å²) in [6.45, 7) is 3.67. The maximum Gasteiger partial charge on any atom is 0.421 e. The fourth-order valence-electron chi connectivity index (χ4n) is 2.01. The Morgan fingerprint density at radius 2 is 1.92 bits per heavy atom. The lowest BCUT2D eigenvalue weighted by Crippen LogP contribution is -2.20. The third kappa shape index (κ3) is 4.38. The molecule has 2 aromatic rings. The van der Waals surface area contributed by atoms with Gasteiger partial charge in [0.05, 0.1) is 17.7 Å². The maximum atomic E-state index is 13.3. The number of ether oxygens (including phenoxy) is 1. The number of nitriles is 1. The second-order valence-corrected chi connectivity index (χ2v) is 5.44. The molecule has 132 valence electrons. The molecule has 5 nitrogen and oxygen atoms in total. The molecule has 0 N–H and O–H groups in total. The molecule has 0 fully saturated rings. The standard InChI is InChI=1S/C17H17F3N4O/c1-4-11(2)25-16-22-10-14(17(18,19)20)15(23-16)24(3)13-7-5-12(9-21)6-8-13/h5-8,10-11H,4H2,1-3H3. The van der Waals surface area contributed by atoms with Crippen LogP contribution in [0.4, 0.5) is 24.7 Å². The molecular formula is C17H17F3N4O. The first-order chi connectivity index (χ1) is 11.8. The van der Waals surface area contributed by atoms with E-state index in [1.165, 1.54) is 24.1 Å². The number of hydrogen-bond acceptors (Lipinski definition) is 5. The molecule has 0 aliphatic rings. The van der Waals surface area contributed by atoms with Crippen molar-refractivity contribution in [2.24, 2.45) is 0 Å². The highest BCUT2D eigenvalue weighted by Crippen LogP contribution is 2.37. The van der Waals surface area contributed by atoms with Gasteiger partial charge >= 0.3 is 12.2 Å². The summed E-state index contributed by atoms with van der Waals surface area (Å²) in [4.78, 5) is 8.91. The van der Waals surface area contributed by atoms with Crippen molar-refractivity contribution in [3.8, 4) is 12.1 Å². The summed E-state index contributed by atoms with van der Waals surface area (Å²) in [6.07, 6.45) is -3.43. The van der Waals surface area contributed by atoms with E-state index in [-0.39, 0.29) is 17.9 Å². The van der Waals surface area contributed by atoms with Crippen LogP contribution in [0.1, 0.15) is 31.4 Å². The van der Waals surface area contributed by atoms with E-state index in [0.717, 1.165) is 6.20 Å². The number of hydrogen-bond donors (Lipinski definition) is 0. The monoisotopic (exact) mass is 350 g/mol. The van der Waals surface area contributed by atoms with E-state index < -0.39 is 11.7 Å². The summed E-state index contributed by atoms with van der Waals surface area (Å²) in [5.41, 5.74) is -0.0924. The SMILES string of the molecule is CCC(C)Oc1ncc(C(F)(F)F)c(N(C)c2ccc(C#N)cc2)n1. The fourth-order valence-corrected chi connectivity index (χ4v) is 2.01. The molecule has 25 heavy (non-hydrogen) atoms. The van der Waals surface area contributed by atoms with E-state index in [1.54, 1.807) is 19.1 Å². The minimum absolute atomic E-state index is 0.113. The molecule has 1 aromatic carbocycles. The van der Waals surface area contributed by atoms with E-state index in [0.29, 0.717) is 17.7 Å². The van der Waals surface area contributed by atoms with Gasteiger partial charge in [-0.2, -0.15) is 23.4 Å². The van der Waals surface area contributed by atoms with Crippen molar-refractivity contribution in [3.05, 3.63) is 41.6 Å². The zero-order chi connectivity index (χ0) is 18.6. The van der Waals surface area contributed by atoms with Crippen LogP contribution in [0, 0.1) is 11.3 Å². The number of aromatic nitrogens is 2. The molecule has 1 atom stereocenters. The van der Waals surface area contributed by atoms with Crippen molar-refractivity contribution in [2.45, 2.75) is 32.5 Å². The first-order valence-corrected chi connectivity index (χ1v) is 7.61. The van der Waals surface area contributed by atoms with E-state index in [4.69, 9.17) is 10.00 Å². The van der Waals surface area contributed by atoms with Crippen LogP contribution in [0.2, 0.25) is 0 Å². The summed E-state index contributed by atoms with van der Waals surface area (Å²) in [5, 5.41) is 8.83. The average molecular weight is 350 g/mol. The Kier molecular flexibility index (Phi) is 5.47. The quantitative estimate of drug-likeness (QED) is 0.804. The molecule has 2 rings (SSSR count). The van der Waals surface area contributed by atoms with Crippen molar-refractivity contribution in [1.29, 1.82) is 5.26 Å². The van der Waals surface area contributed by atoms with Gasteiger partial charge in [-0.15, -0.1) is 0 Å². The third-order valence-corrected chi connectivity index (χ3v) is 3.63. The van der Waals surface area contributed by atoms with Gasteiger partial charge in [-0.25, -0.2) is 4.98 Å². The van der Waals surface area contributed by atoms with E-state index in [1.807, 2.05) is 13.0 Å². The molecule has 1 unspecified atom stereocenters. The zero-order valence-corrected chi connectivity index (χ0v) is 14.0. The lowest BCUT2D eigenvalue weighted by atomic mass is 10.2. The molecular weight excluding hydrogens is 333 g/mol. The highest BCUT2D eigenvalue weighted by molar-refractivity contribution is 5.63.